The molecule has 0 aliphatic heterocycles. The number of nitrogens with zero attached hydrogens (tertiary/aromatic N) is 1. The van der Waals surface area contributed by atoms with Gasteiger partial charge in [-0.15, -0.1) is 0 Å². The molecule has 6 N–H and O–H groups in total. The molecule has 0 spiro atoms. The number of non-ortho nitro benzene ring substituents is 1. The third-order valence-electron chi connectivity index (χ3n) is 3.50. The Morgan fingerprint density at radius 3 is 2.32 bits per heavy atom. The Hall–Kier alpha value is -2.44. The van der Waals surface area contributed by atoms with E-state index in [1.165, 1.54) is 0 Å². The average Bonchev–Trinajstić information content (AvgIpc) is 2.65. The Morgan fingerprint density at radius 2 is 1.88 bits per heavy atom. The zero-order chi connectivity index (χ0) is 20.1. The molecule has 0 saturated carbocycles. The maximum atomic E-state index is 11.7. The lowest BCUT2D eigenvalue weighted by Crippen LogP contribution is -2.59. The molecule has 138 valence electrons. The van der Waals surface area contributed by atoms with Gasteiger partial charge in [-0.1, -0.05) is 0 Å². The van der Waals surface area contributed by atoms with Gasteiger partial charge in [-0.2, -0.15) is 0 Å². The summed E-state index contributed by atoms with van der Waals surface area (Å²) in [5.74, 6) is -2.52. The normalized spacial score (nSPS) is 17.6. The van der Waals surface area contributed by atoms with Gasteiger partial charge in [-0.05, 0) is 17.7 Å². The number of nitrogens with one attached hydrogen (secondary N) is 1. The van der Waals surface area contributed by atoms with Crippen molar-refractivity contribution in [2.24, 2.45) is 0 Å². The molecule has 11 nitrogen and oxygen atoms in total. The number of benzene rings is 1. The van der Waals surface area contributed by atoms with Crippen molar-refractivity contribution in [3.8, 4) is 0 Å². The second-order valence-corrected chi connectivity index (χ2v) is 5.13. The van der Waals surface area contributed by atoms with Crippen molar-refractivity contribution in [2.75, 3.05) is 6.61 Å². The van der Waals surface area contributed by atoms with Gasteiger partial charge in [-0.3, -0.25) is 25.0 Å². The molecule has 0 aliphatic rings. The first-order valence-electron chi connectivity index (χ1n) is 7.55. The largest absolute Gasteiger partial charge is 0.394 e. The Labute approximate surface area is 142 Å². The zero-order valence-electron chi connectivity index (χ0n) is 13.8. The third kappa shape index (κ3) is 4.35. The molecule has 11 heteroatoms. The second kappa shape index (κ2) is 8.09. The van der Waals surface area contributed by atoms with Gasteiger partial charge < -0.3 is 25.5 Å². The highest BCUT2D eigenvalue weighted by Crippen LogP contribution is 2.32. The van der Waals surface area contributed by atoms with E-state index in [-0.39, 0.29) is 11.3 Å². The van der Waals surface area contributed by atoms with Gasteiger partial charge in [0.1, 0.15) is 17.8 Å². The zero-order valence-corrected chi connectivity index (χ0v) is 12.8. The molecule has 0 radical (unpaired) electrons. The second-order valence-electron chi connectivity index (χ2n) is 5.13. The molecule has 2 amide bonds. The number of imide groups is 1. The highest BCUT2D eigenvalue weighted by molar-refractivity contribution is 5.96. The number of hydrogen-bond donors (Lipinski definition) is 6. The molecule has 0 heterocycles. The van der Waals surface area contributed by atoms with Crippen LogP contribution in [0.15, 0.2) is 24.3 Å². The molecule has 1 aromatic carbocycles. The van der Waals surface area contributed by atoms with E-state index in [4.69, 9.17) is 6.48 Å². The fourth-order valence-corrected chi connectivity index (χ4v) is 2.14. The first-order chi connectivity index (χ1) is 12.1. The van der Waals surface area contributed by atoms with E-state index < -0.39 is 54.2 Å². The summed E-state index contributed by atoms with van der Waals surface area (Å²) in [7, 11) is 0. The smallest absolute Gasteiger partial charge is 0.269 e. The van der Waals surface area contributed by atoms with E-state index in [2.05, 4.69) is 0 Å². The molecule has 25 heavy (non-hydrogen) atoms. The fourth-order valence-electron chi connectivity index (χ4n) is 2.14. The minimum Gasteiger partial charge on any atom is -0.394 e. The molecule has 1 rings (SSSR count). The SMILES string of the molecule is [2H]CC(=O)NC(=O)[C@H](O)[C@@H](O)[C@@](O)(c1ccc([N+](=O)[O-])cc1)[C@H](O)CO. The van der Waals surface area contributed by atoms with Crippen LogP contribution in [0.2, 0.25) is 0 Å². The summed E-state index contributed by atoms with van der Waals surface area (Å²) in [4.78, 5) is 32.7. The van der Waals surface area contributed by atoms with Gasteiger partial charge in [0.25, 0.3) is 11.6 Å². The van der Waals surface area contributed by atoms with E-state index >= 15 is 0 Å². The predicted molar refractivity (Wildman–Crippen MR) is 80.9 cm³/mol. The molecular formula is C14H18N2O9. The Balaban J connectivity index is 3.23. The van der Waals surface area contributed by atoms with Crippen LogP contribution in [0.5, 0.6) is 0 Å². The summed E-state index contributed by atoms with van der Waals surface area (Å²) >= 11 is 0. The molecule has 0 aliphatic carbocycles. The Bertz CT molecular complexity index is 669. The predicted octanol–water partition coefficient (Wildman–Crippen LogP) is -2.48. The molecule has 0 saturated heterocycles. The molecular weight excluding hydrogens is 340 g/mol. The Morgan fingerprint density at radius 1 is 1.32 bits per heavy atom. The fraction of sp³-hybridized carbons (Fsp3) is 0.429. The lowest BCUT2D eigenvalue weighted by molar-refractivity contribution is -0.384. The highest BCUT2D eigenvalue weighted by atomic mass is 16.6. The number of rotatable bonds is 7. The standard InChI is InChI=1S/C14H18N2O9/c1-7(18)15-13(22)11(20)12(21)14(23,10(19)6-17)8-2-4-9(5-3-8)16(24)25/h2-5,10-12,17,19-21,23H,6H2,1H3,(H,15,18,22)/t10-,11-,12-,14-/m1/s1/i1D. The maximum absolute atomic E-state index is 11.7. The van der Waals surface area contributed by atoms with Crippen LogP contribution in [0.1, 0.15) is 13.8 Å². The Kier molecular flexibility index (Phi) is 6.12. The lowest BCUT2D eigenvalue weighted by Gasteiger charge is -2.38. The third-order valence-corrected chi connectivity index (χ3v) is 3.50. The van der Waals surface area contributed by atoms with Gasteiger partial charge in [0.2, 0.25) is 5.91 Å². The number of carbonyl (C=O) groups excluding carboxylic acids is 2. The van der Waals surface area contributed by atoms with E-state index in [0.717, 1.165) is 24.3 Å². The maximum Gasteiger partial charge on any atom is 0.269 e. The van der Waals surface area contributed by atoms with Crippen LogP contribution in [0, 0.1) is 10.1 Å². The summed E-state index contributed by atoms with van der Waals surface area (Å²) in [6, 6.07) is 3.79. The summed E-state index contributed by atoms with van der Waals surface area (Å²) in [6.45, 7) is -1.93. The topological polar surface area (TPSA) is 190 Å². The van der Waals surface area contributed by atoms with Crippen LogP contribution in [-0.2, 0) is 15.2 Å². The van der Waals surface area contributed by atoms with Crippen LogP contribution in [0.25, 0.3) is 0 Å². The number of amides is 2. The van der Waals surface area contributed by atoms with E-state index in [1.807, 2.05) is 0 Å². The van der Waals surface area contributed by atoms with Crippen molar-refractivity contribution in [1.29, 1.82) is 0 Å². The van der Waals surface area contributed by atoms with Crippen molar-refractivity contribution in [3.63, 3.8) is 0 Å². The molecule has 0 fully saturated rings. The molecule has 0 unspecified atom stereocenters. The number of aliphatic hydroxyl groups is 5. The van der Waals surface area contributed by atoms with Crippen molar-refractivity contribution in [2.45, 2.75) is 30.8 Å². The van der Waals surface area contributed by atoms with E-state index in [0.29, 0.717) is 0 Å². The molecule has 0 bridgehead atoms. The lowest BCUT2D eigenvalue weighted by atomic mass is 9.80. The minimum absolute atomic E-state index is 0.337. The molecule has 0 aromatic heterocycles. The van der Waals surface area contributed by atoms with E-state index in [1.54, 1.807) is 5.32 Å². The summed E-state index contributed by atoms with van der Waals surface area (Å²) in [5, 5.41) is 62.1. The number of hydrogen-bond acceptors (Lipinski definition) is 9. The quantitative estimate of drug-likeness (QED) is 0.226. The number of nitro groups is 1. The van der Waals surface area contributed by atoms with E-state index in [9.17, 15) is 40.1 Å². The van der Waals surface area contributed by atoms with Gasteiger partial charge in [0, 0.05) is 20.4 Å². The van der Waals surface area contributed by atoms with Crippen LogP contribution in [-0.4, -0.2) is 67.2 Å². The average molecular weight is 359 g/mol. The number of aliphatic hydroxyl groups excluding tert-OH is 4. The van der Waals surface area contributed by atoms with Gasteiger partial charge in [0.05, 0.1) is 11.5 Å². The first kappa shape index (κ1) is 18.9. The van der Waals surface area contributed by atoms with Crippen LogP contribution >= 0.6 is 0 Å². The van der Waals surface area contributed by atoms with Crippen molar-refractivity contribution >= 4 is 17.5 Å². The van der Waals surface area contributed by atoms with Crippen molar-refractivity contribution < 1.29 is 41.4 Å². The molecule has 1 aromatic rings. The van der Waals surface area contributed by atoms with Crippen LogP contribution in [0.4, 0.5) is 5.69 Å². The van der Waals surface area contributed by atoms with Gasteiger partial charge >= 0.3 is 0 Å². The monoisotopic (exact) mass is 359 g/mol. The molecule has 4 atom stereocenters. The van der Waals surface area contributed by atoms with Gasteiger partial charge in [0.15, 0.2) is 6.10 Å². The minimum atomic E-state index is -2.80. The van der Waals surface area contributed by atoms with Crippen molar-refractivity contribution in [1.82, 2.24) is 5.32 Å². The van der Waals surface area contributed by atoms with Gasteiger partial charge in [-0.25, -0.2) is 0 Å². The van der Waals surface area contributed by atoms with Crippen LogP contribution < -0.4 is 5.32 Å². The number of nitro benzene ring substituents is 1. The first-order valence-corrected chi connectivity index (χ1v) is 6.84. The summed E-state index contributed by atoms with van der Waals surface area (Å²) < 4.78 is 6.77. The summed E-state index contributed by atoms with van der Waals surface area (Å²) in [6.07, 6.45) is -6.94. The van der Waals surface area contributed by atoms with Crippen molar-refractivity contribution in [3.05, 3.63) is 39.9 Å². The van der Waals surface area contributed by atoms with Crippen LogP contribution in [0.3, 0.4) is 0 Å². The summed E-state index contributed by atoms with van der Waals surface area (Å²) in [5.41, 5.74) is -3.51. The number of carbonyl (C=O) groups is 2. The highest BCUT2D eigenvalue weighted by Gasteiger charge is 2.49.